The number of nitrogens with zero attached hydrogens (tertiary/aromatic N) is 1. The number of likely N-dealkylation sites (tertiary alicyclic amines) is 1. The Balaban J connectivity index is 1.15. The van der Waals surface area contributed by atoms with Crippen LogP contribution in [0.5, 0.6) is 0 Å². The molecule has 0 bridgehead atoms. The number of rotatable bonds is 11. The number of hydrogen-bond donors (Lipinski definition) is 3. The predicted octanol–water partition coefficient (Wildman–Crippen LogP) is 6.28. The van der Waals surface area contributed by atoms with Crippen molar-refractivity contribution in [2.45, 2.75) is 71.8 Å². The molecule has 11 heteroatoms. The lowest BCUT2D eigenvalue weighted by molar-refractivity contribution is -0.163. The van der Waals surface area contributed by atoms with Crippen LogP contribution in [-0.2, 0) is 14.3 Å². The number of benzene rings is 2. The van der Waals surface area contributed by atoms with Crippen LogP contribution in [0.2, 0.25) is 0 Å². The zero-order chi connectivity index (χ0) is 32.8. The summed E-state index contributed by atoms with van der Waals surface area (Å²) in [5.74, 6) is -0.129. The predicted molar refractivity (Wildman–Crippen MR) is 178 cm³/mol. The van der Waals surface area contributed by atoms with Gasteiger partial charge in [0.15, 0.2) is 0 Å². The van der Waals surface area contributed by atoms with Crippen LogP contribution in [0.1, 0.15) is 83.7 Å². The Morgan fingerprint density at radius 2 is 1.72 bits per heavy atom. The molecular weight excluding hydrogens is 604 g/mol. The summed E-state index contributed by atoms with van der Waals surface area (Å²) in [7, 11) is 0. The van der Waals surface area contributed by atoms with Crippen LogP contribution in [-0.4, -0.2) is 60.7 Å². The topological polar surface area (TPSA) is 126 Å². The van der Waals surface area contributed by atoms with E-state index in [1.807, 2.05) is 62.4 Å². The average molecular weight is 647 g/mol. The van der Waals surface area contributed by atoms with E-state index in [0.717, 1.165) is 33.8 Å². The Kier molecular flexibility index (Phi) is 10.6. The Morgan fingerprint density at radius 1 is 0.957 bits per heavy atom. The van der Waals surface area contributed by atoms with Gasteiger partial charge in [0.05, 0.1) is 17.0 Å². The van der Waals surface area contributed by atoms with Crippen LogP contribution >= 0.6 is 11.3 Å². The third-order valence-electron chi connectivity index (χ3n) is 8.47. The van der Waals surface area contributed by atoms with E-state index in [1.54, 1.807) is 0 Å². The number of nitrogens with one attached hydrogen (secondary N) is 3. The first-order chi connectivity index (χ1) is 22.0. The molecule has 3 aromatic rings. The Labute approximate surface area is 273 Å². The zero-order valence-electron chi connectivity index (χ0n) is 26.8. The normalized spacial score (nSPS) is 16.2. The van der Waals surface area contributed by atoms with Crippen LogP contribution in [0.4, 0.5) is 10.5 Å². The van der Waals surface area contributed by atoms with Gasteiger partial charge in [0, 0.05) is 49.6 Å². The molecule has 2 unspecified atom stereocenters. The van der Waals surface area contributed by atoms with E-state index < -0.39 is 18.4 Å². The summed E-state index contributed by atoms with van der Waals surface area (Å²) >= 11 is 1.48. The van der Waals surface area contributed by atoms with Crippen molar-refractivity contribution in [3.63, 3.8) is 0 Å². The standard InChI is InChI=1S/C35H42N4O6S/c1-21-12-13-28(38-29-19-39(20-29)35(43)45-24(4)44-23(3)40)17-30(21)33(41)37-22(2)26-10-7-11-27(16-26)31-14-15-32(46-31)34(42)36-18-25-8-5-6-9-25/h7,10-17,22,24-25,29,38H,5-6,8-9,18-20H2,1-4H3,(H,36,42)(H,37,41). The molecule has 1 saturated heterocycles. The lowest BCUT2D eigenvalue weighted by Gasteiger charge is -2.39. The lowest BCUT2D eigenvalue weighted by atomic mass is 10.0. The molecule has 2 fully saturated rings. The molecule has 1 aliphatic carbocycles. The summed E-state index contributed by atoms with van der Waals surface area (Å²) in [5.41, 5.74) is 4.14. The molecule has 1 saturated carbocycles. The van der Waals surface area contributed by atoms with Gasteiger partial charge in [-0.2, -0.15) is 0 Å². The van der Waals surface area contributed by atoms with Gasteiger partial charge >= 0.3 is 12.1 Å². The van der Waals surface area contributed by atoms with E-state index in [4.69, 9.17) is 9.47 Å². The summed E-state index contributed by atoms with van der Waals surface area (Å²) < 4.78 is 9.96. The molecule has 3 amide bonds. The van der Waals surface area contributed by atoms with E-state index in [0.29, 0.717) is 29.4 Å². The minimum absolute atomic E-state index is 0.00648. The molecule has 46 heavy (non-hydrogen) atoms. The number of carbonyl (C=O) groups excluding carboxylic acids is 4. The molecule has 10 nitrogen and oxygen atoms in total. The third kappa shape index (κ3) is 8.45. The quantitative estimate of drug-likeness (QED) is 0.165. The fourth-order valence-electron chi connectivity index (χ4n) is 5.86. The number of carbonyl (C=O) groups is 4. The molecule has 2 atom stereocenters. The van der Waals surface area contributed by atoms with Crippen molar-refractivity contribution in [1.82, 2.24) is 15.5 Å². The van der Waals surface area contributed by atoms with Gasteiger partial charge in [-0.3, -0.25) is 14.4 Å². The maximum absolute atomic E-state index is 13.4. The van der Waals surface area contributed by atoms with E-state index in [1.165, 1.54) is 55.8 Å². The molecule has 2 aromatic carbocycles. The highest BCUT2D eigenvalue weighted by Gasteiger charge is 2.33. The van der Waals surface area contributed by atoms with Crippen LogP contribution in [0.15, 0.2) is 54.6 Å². The third-order valence-corrected chi connectivity index (χ3v) is 9.60. The smallest absolute Gasteiger partial charge is 0.412 e. The largest absolute Gasteiger partial charge is 0.426 e. The van der Waals surface area contributed by atoms with Crippen molar-refractivity contribution >= 4 is 40.9 Å². The van der Waals surface area contributed by atoms with Crippen molar-refractivity contribution in [2.24, 2.45) is 5.92 Å². The van der Waals surface area contributed by atoms with Crippen molar-refractivity contribution in [3.8, 4) is 10.4 Å². The monoisotopic (exact) mass is 646 g/mol. The second-order valence-corrected chi connectivity index (χ2v) is 13.3. The second kappa shape index (κ2) is 14.8. The maximum Gasteiger partial charge on any atom is 0.412 e. The van der Waals surface area contributed by atoms with Gasteiger partial charge in [-0.25, -0.2) is 4.79 Å². The molecular formula is C35H42N4O6S. The van der Waals surface area contributed by atoms with Gasteiger partial charge < -0.3 is 30.3 Å². The molecule has 2 aliphatic rings. The Hall–Kier alpha value is -4.38. The number of esters is 1. The minimum atomic E-state index is -0.951. The Morgan fingerprint density at radius 3 is 2.46 bits per heavy atom. The molecule has 2 heterocycles. The highest BCUT2D eigenvalue weighted by molar-refractivity contribution is 7.17. The van der Waals surface area contributed by atoms with E-state index >= 15 is 0 Å². The van der Waals surface area contributed by atoms with Crippen LogP contribution < -0.4 is 16.0 Å². The van der Waals surface area contributed by atoms with Crippen LogP contribution in [0.25, 0.3) is 10.4 Å². The summed E-state index contributed by atoms with van der Waals surface area (Å²) in [6, 6.07) is 17.3. The van der Waals surface area contributed by atoms with Crippen molar-refractivity contribution in [1.29, 1.82) is 0 Å². The first-order valence-corrected chi connectivity index (χ1v) is 16.7. The molecule has 1 aliphatic heterocycles. The minimum Gasteiger partial charge on any atom is -0.426 e. The molecule has 0 radical (unpaired) electrons. The number of aryl methyl sites for hydroxylation is 1. The molecule has 0 spiro atoms. The second-order valence-electron chi connectivity index (χ2n) is 12.2. The zero-order valence-corrected chi connectivity index (χ0v) is 27.6. The molecule has 3 N–H and O–H groups in total. The fourth-order valence-corrected chi connectivity index (χ4v) is 6.78. The number of amides is 3. The highest BCUT2D eigenvalue weighted by Crippen LogP contribution is 2.31. The van der Waals surface area contributed by atoms with Gasteiger partial charge in [0.1, 0.15) is 0 Å². The lowest BCUT2D eigenvalue weighted by Crippen LogP contribution is -2.57. The van der Waals surface area contributed by atoms with Crippen molar-refractivity contribution in [2.75, 3.05) is 25.0 Å². The average Bonchev–Trinajstić information content (AvgIpc) is 3.71. The summed E-state index contributed by atoms with van der Waals surface area (Å²) in [6.45, 7) is 8.18. The first kappa shape index (κ1) is 33.0. The van der Waals surface area contributed by atoms with E-state index in [9.17, 15) is 19.2 Å². The molecule has 244 valence electrons. The summed E-state index contributed by atoms with van der Waals surface area (Å²) in [4.78, 5) is 52.6. The van der Waals surface area contributed by atoms with Gasteiger partial charge in [0.25, 0.3) is 11.8 Å². The number of ether oxygens (including phenoxy) is 2. The highest BCUT2D eigenvalue weighted by atomic mass is 32.1. The van der Waals surface area contributed by atoms with E-state index in [2.05, 4.69) is 22.0 Å². The van der Waals surface area contributed by atoms with Crippen molar-refractivity contribution < 1.29 is 28.7 Å². The van der Waals surface area contributed by atoms with Crippen LogP contribution in [0, 0.1) is 12.8 Å². The molecule has 5 rings (SSSR count). The SMILES string of the molecule is CC(=O)OC(C)OC(=O)N1CC(Nc2ccc(C)c(C(=O)NC(C)c3cccc(-c4ccc(C(=O)NCC5CCCC5)s4)c3)c2)C1. The van der Waals surface area contributed by atoms with Crippen LogP contribution in [0.3, 0.4) is 0 Å². The molecule has 1 aromatic heterocycles. The van der Waals surface area contributed by atoms with Gasteiger partial charge in [-0.1, -0.05) is 37.1 Å². The summed E-state index contributed by atoms with van der Waals surface area (Å²) in [6.07, 6.45) is 3.40. The van der Waals surface area contributed by atoms with Gasteiger partial charge in [-0.15, -0.1) is 11.3 Å². The van der Waals surface area contributed by atoms with E-state index in [-0.39, 0.29) is 23.9 Å². The summed E-state index contributed by atoms with van der Waals surface area (Å²) in [5, 5.41) is 9.60. The van der Waals surface area contributed by atoms with Crippen molar-refractivity contribution in [3.05, 3.63) is 76.2 Å². The first-order valence-electron chi connectivity index (χ1n) is 15.8. The maximum atomic E-state index is 13.4. The fraction of sp³-hybridized carbons (Fsp3) is 0.429. The number of thiophene rings is 1. The number of anilines is 1. The van der Waals surface area contributed by atoms with Gasteiger partial charge in [-0.05, 0) is 79.6 Å². The Bertz CT molecular complexity index is 1580. The van der Waals surface area contributed by atoms with Gasteiger partial charge in [0.2, 0.25) is 6.29 Å². The number of hydrogen-bond acceptors (Lipinski definition) is 8.